The minimum Gasteiger partial charge on any atom is -0.373 e. The van der Waals surface area contributed by atoms with E-state index >= 15 is 0 Å². The van der Waals surface area contributed by atoms with E-state index in [2.05, 4.69) is 58.1 Å². The summed E-state index contributed by atoms with van der Waals surface area (Å²) in [4.78, 5) is 8.98. The summed E-state index contributed by atoms with van der Waals surface area (Å²) in [6.07, 6.45) is 4.55. The molecule has 21 heavy (non-hydrogen) atoms. The predicted molar refractivity (Wildman–Crippen MR) is 84.2 cm³/mol. The van der Waals surface area contributed by atoms with Crippen LogP contribution in [0.1, 0.15) is 18.9 Å². The maximum atomic E-state index is 4.20. The monoisotopic (exact) mass is 285 g/mol. The van der Waals surface area contributed by atoms with Crippen LogP contribution in [0.25, 0.3) is 0 Å². The van der Waals surface area contributed by atoms with Gasteiger partial charge in [0.1, 0.15) is 12.7 Å². The van der Waals surface area contributed by atoms with Gasteiger partial charge < -0.3 is 4.90 Å². The van der Waals surface area contributed by atoms with E-state index in [4.69, 9.17) is 0 Å². The zero-order valence-corrected chi connectivity index (χ0v) is 12.8. The maximum absolute atomic E-state index is 4.20. The van der Waals surface area contributed by atoms with E-state index in [0.717, 1.165) is 32.6 Å². The van der Waals surface area contributed by atoms with Gasteiger partial charge in [0.25, 0.3) is 0 Å². The Morgan fingerprint density at radius 3 is 2.86 bits per heavy atom. The molecule has 0 unspecified atom stereocenters. The van der Waals surface area contributed by atoms with Gasteiger partial charge in [0.2, 0.25) is 0 Å². The molecular weight excluding hydrogens is 262 g/mol. The summed E-state index contributed by atoms with van der Waals surface area (Å²) >= 11 is 0. The molecule has 2 heterocycles. The molecule has 0 radical (unpaired) electrons. The smallest absolute Gasteiger partial charge is 0.137 e. The lowest BCUT2D eigenvalue weighted by Crippen LogP contribution is -2.41. The lowest BCUT2D eigenvalue weighted by atomic mass is 10.1. The number of para-hydroxylation sites is 1. The first-order chi connectivity index (χ1) is 10.3. The molecule has 1 aromatic heterocycles. The first kappa shape index (κ1) is 14.1. The first-order valence-electron chi connectivity index (χ1n) is 7.63. The van der Waals surface area contributed by atoms with E-state index in [1.807, 2.05) is 4.68 Å². The van der Waals surface area contributed by atoms with Crippen molar-refractivity contribution in [3.05, 3.63) is 42.5 Å². The van der Waals surface area contributed by atoms with Gasteiger partial charge in [-0.15, -0.1) is 0 Å². The average Bonchev–Trinajstić information content (AvgIpc) is 2.98. The number of rotatable bonds is 4. The maximum Gasteiger partial charge on any atom is 0.137 e. The van der Waals surface area contributed by atoms with E-state index in [9.17, 15) is 0 Å². The second-order valence-corrected chi connectivity index (χ2v) is 5.70. The Bertz CT molecular complexity index is 566. The predicted octanol–water partition coefficient (Wildman–Crippen LogP) is 2.01. The van der Waals surface area contributed by atoms with Crippen molar-refractivity contribution in [1.29, 1.82) is 0 Å². The molecule has 0 saturated carbocycles. The molecule has 0 aliphatic carbocycles. The Morgan fingerprint density at radius 2 is 2.10 bits per heavy atom. The van der Waals surface area contributed by atoms with Gasteiger partial charge in [0.05, 0.1) is 6.54 Å². The third-order valence-electron chi connectivity index (χ3n) is 4.33. The fourth-order valence-corrected chi connectivity index (χ4v) is 3.12. The van der Waals surface area contributed by atoms with Crippen LogP contribution >= 0.6 is 0 Å². The zero-order valence-electron chi connectivity index (χ0n) is 12.8. The summed E-state index contributed by atoms with van der Waals surface area (Å²) < 4.78 is 1.91. The molecule has 0 spiro atoms. The fourth-order valence-electron chi connectivity index (χ4n) is 3.12. The molecule has 0 fully saturated rings. The molecule has 1 atom stereocenters. The van der Waals surface area contributed by atoms with Gasteiger partial charge in [-0.2, -0.15) is 5.10 Å². The summed E-state index contributed by atoms with van der Waals surface area (Å²) in [7, 11) is 2.20. The van der Waals surface area contributed by atoms with E-state index < -0.39 is 0 Å². The van der Waals surface area contributed by atoms with E-state index in [1.54, 1.807) is 12.7 Å². The van der Waals surface area contributed by atoms with Gasteiger partial charge in [-0.25, -0.2) is 4.98 Å². The Kier molecular flexibility index (Phi) is 4.20. The number of nitrogens with zero attached hydrogens (tertiary/aromatic N) is 5. The summed E-state index contributed by atoms with van der Waals surface area (Å²) in [5, 5.41) is 4.20. The highest BCUT2D eigenvalue weighted by Gasteiger charge is 2.24. The average molecular weight is 285 g/mol. The van der Waals surface area contributed by atoms with Gasteiger partial charge in [0.15, 0.2) is 0 Å². The third kappa shape index (κ3) is 3.08. The molecule has 1 aliphatic heterocycles. The lowest BCUT2D eigenvalue weighted by Gasteiger charge is -2.30. The van der Waals surface area contributed by atoms with Crippen LogP contribution in [0.5, 0.6) is 0 Å². The Labute approximate surface area is 126 Å². The quantitative estimate of drug-likeness (QED) is 0.861. The van der Waals surface area contributed by atoms with Gasteiger partial charge in [-0.3, -0.25) is 9.58 Å². The molecule has 1 aromatic carbocycles. The second kappa shape index (κ2) is 6.26. The number of aromatic nitrogens is 3. The zero-order chi connectivity index (χ0) is 14.7. The van der Waals surface area contributed by atoms with Crippen molar-refractivity contribution in [2.75, 3.05) is 25.0 Å². The molecule has 0 bridgehead atoms. The van der Waals surface area contributed by atoms with Gasteiger partial charge >= 0.3 is 0 Å². The number of benzene rings is 1. The van der Waals surface area contributed by atoms with E-state index in [1.165, 1.54) is 11.3 Å². The van der Waals surface area contributed by atoms with Crippen LogP contribution in [0.2, 0.25) is 0 Å². The Hall–Kier alpha value is -1.88. The van der Waals surface area contributed by atoms with Crippen molar-refractivity contribution in [1.82, 2.24) is 19.7 Å². The highest BCUT2D eigenvalue weighted by molar-refractivity contribution is 5.53. The summed E-state index contributed by atoms with van der Waals surface area (Å²) in [6, 6.07) is 9.30. The number of hydrogen-bond acceptors (Lipinski definition) is 4. The van der Waals surface area contributed by atoms with Crippen molar-refractivity contribution in [2.45, 2.75) is 32.5 Å². The number of anilines is 1. The largest absolute Gasteiger partial charge is 0.373 e. The summed E-state index contributed by atoms with van der Waals surface area (Å²) in [6.45, 7) is 6.25. The normalized spacial score (nSPS) is 19.3. The minimum atomic E-state index is 0.575. The van der Waals surface area contributed by atoms with E-state index in [0.29, 0.717) is 6.04 Å². The first-order valence-corrected chi connectivity index (χ1v) is 7.63. The van der Waals surface area contributed by atoms with Gasteiger partial charge in [-0.05, 0) is 18.1 Å². The van der Waals surface area contributed by atoms with Crippen LogP contribution in [-0.4, -0.2) is 45.8 Å². The van der Waals surface area contributed by atoms with Crippen molar-refractivity contribution in [2.24, 2.45) is 0 Å². The van der Waals surface area contributed by atoms with Crippen molar-refractivity contribution in [3.63, 3.8) is 0 Å². The molecule has 3 rings (SSSR count). The SMILES string of the molecule is CC[C@@H]1CN(C)c2ccccc2CN1CCn1cncn1. The van der Waals surface area contributed by atoms with Crippen molar-refractivity contribution in [3.8, 4) is 0 Å². The molecule has 0 N–H and O–H groups in total. The lowest BCUT2D eigenvalue weighted by molar-refractivity contribution is 0.181. The molecule has 1 aliphatic rings. The van der Waals surface area contributed by atoms with Gasteiger partial charge in [0, 0.05) is 38.4 Å². The second-order valence-electron chi connectivity index (χ2n) is 5.70. The van der Waals surface area contributed by atoms with Crippen LogP contribution in [0.15, 0.2) is 36.9 Å². The van der Waals surface area contributed by atoms with Crippen LogP contribution < -0.4 is 4.90 Å². The molecule has 112 valence electrons. The van der Waals surface area contributed by atoms with Crippen LogP contribution in [-0.2, 0) is 13.1 Å². The molecule has 5 nitrogen and oxygen atoms in total. The number of likely N-dealkylation sites (N-methyl/N-ethyl adjacent to an activating group) is 1. The molecule has 2 aromatic rings. The Morgan fingerprint density at radius 1 is 1.24 bits per heavy atom. The van der Waals surface area contributed by atoms with Crippen LogP contribution in [0.4, 0.5) is 5.69 Å². The molecule has 0 saturated heterocycles. The number of fused-ring (bicyclic) bond motifs is 1. The van der Waals surface area contributed by atoms with Gasteiger partial charge in [-0.1, -0.05) is 25.1 Å². The minimum absolute atomic E-state index is 0.575. The molecular formula is C16H23N5. The standard InChI is InChI=1S/C16H23N5/c1-3-15-11-19(2)16-7-5-4-6-14(16)10-20(15)8-9-21-13-17-12-18-21/h4-7,12-13,15H,3,8-11H2,1-2H3/t15-/m1/s1. The fraction of sp³-hybridized carbons (Fsp3) is 0.500. The highest BCUT2D eigenvalue weighted by Crippen LogP contribution is 2.26. The highest BCUT2D eigenvalue weighted by atomic mass is 15.3. The van der Waals surface area contributed by atoms with Crippen LogP contribution in [0.3, 0.4) is 0 Å². The van der Waals surface area contributed by atoms with E-state index in [-0.39, 0.29) is 0 Å². The summed E-state index contributed by atoms with van der Waals surface area (Å²) in [5.41, 5.74) is 2.77. The van der Waals surface area contributed by atoms with Crippen LogP contribution in [0, 0.1) is 0 Å². The molecule has 5 heteroatoms. The van der Waals surface area contributed by atoms with Crippen molar-refractivity contribution < 1.29 is 0 Å². The van der Waals surface area contributed by atoms with Crippen molar-refractivity contribution >= 4 is 5.69 Å². The topological polar surface area (TPSA) is 37.2 Å². The number of hydrogen-bond donors (Lipinski definition) is 0. The molecule has 0 amide bonds. The Balaban J connectivity index is 1.78. The third-order valence-corrected chi connectivity index (χ3v) is 4.33. The summed E-state index contributed by atoms with van der Waals surface area (Å²) in [5.74, 6) is 0.